The van der Waals surface area contributed by atoms with E-state index in [0.717, 1.165) is 10.2 Å². The molecule has 0 aliphatic heterocycles. The van der Waals surface area contributed by atoms with Gasteiger partial charge in [-0.25, -0.2) is 19.7 Å². The van der Waals surface area contributed by atoms with Crippen molar-refractivity contribution in [2.24, 2.45) is 0 Å². The lowest BCUT2D eigenvalue weighted by Crippen LogP contribution is -2.10. The van der Waals surface area contributed by atoms with Crippen molar-refractivity contribution >= 4 is 55.7 Å². The summed E-state index contributed by atoms with van der Waals surface area (Å²) < 4.78 is 5.98. The molecule has 2 heterocycles. The highest BCUT2D eigenvalue weighted by atomic mass is 32.1. The quantitative estimate of drug-likeness (QED) is 0.241. The lowest BCUT2D eigenvalue weighted by Gasteiger charge is -2.12. The molecule has 2 aromatic heterocycles. The first-order chi connectivity index (χ1) is 15.1. The van der Waals surface area contributed by atoms with Crippen LogP contribution in [0.15, 0.2) is 54.9 Å². The van der Waals surface area contributed by atoms with Gasteiger partial charge in [-0.15, -0.1) is 0 Å². The minimum absolute atomic E-state index is 0.0184. The zero-order chi connectivity index (χ0) is 21.8. The summed E-state index contributed by atoms with van der Waals surface area (Å²) in [6.07, 6.45) is 1.19. The van der Waals surface area contributed by atoms with Crippen molar-refractivity contribution < 1.29 is 14.5 Å². The molecule has 10 nitrogen and oxygen atoms in total. The molecule has 2 N–H and O–H groups in total. The first-order valence-corrected chi connectivity index (χ1v) is 10.0. The molecular weight excluding hydrogens is 420 g/mol. The highest BCUT2D eigenvalue weighted by Gasteiger charge is 2.25. The highest BCUT2D eigenvalue weighted by molar-refractivity contribution is 7.22. The Morgan fingerprint density at radius 1 is 1.10 bits per heavy atom. The van der Waals surface area contributed by atoms with Crippen LogP contribution in [0.2, 0.25) is 0 Å². The van der Waals surface area contributed by atoms with Crippen molar-refractivity contribution in [2.75, 3.05) is 17.2 Å². The first kappa shape index (κ1) is 20.2. The zero-order valence-corrected chi connectivity index (χ0v) is 17.0. The molecule has 0 bridgehead atoms. The van der Waals surface area contributed by atoms with Crippen LogP contribution in [0, 0.1) is 10.1 Å². The van der Waals surface area contributed by atoms with Crippen LogP contribution >= 0.6 is 11.3 Å². The van der Waals surface area contributed by atoms with Gasteiger partial charge in [-0.3, -0.25) is 10.1 Å². The van der Waals surface area contributed by atoms with Gasteiger partial charge < -0.3 is 15.4 Å². The molecule has 0 aliphatic rings. The molecular formula is C20H16N6O4S. The average Bonchev–Trinajstić information content (AvgIpc) is 3.16. The Bertz CT molecular complexity index is 1240. The van der Waals surface area contributed by atoms with Crippen molar-refractivity contribution in [1.82, 2.24) is 15.0 Å². The van der Waals surface area contributed by atoms with Crippen LogP contribution in [0.25, 0.3) is 10.2 Å². The number of thiazole rings is 1. The van der Waals surface area contributed by atoms with Crippen LogP contribution in [0.3, 0.4) is 0 Å². The minimum Gasteiger partial charge on any atom is -0.462 e. The maximum atomic E-state index is 12.2. The maximum Gasteiger partial charge on any atom is 0.353 e. The molecule has 156 valence electrons. The number of nitro groups is 1. The van der Waals surface area contributed by atoms with Crippen molar-refractivity contribution in [3.63, 3.8) is 0 Å². The van der Waals surface area contributed by atoms with Gasteiger partial charge in [0.2, 0.25) is 11.6 Å². The molecule has 0 fully saturated rings. The van der Waals surface area contributed by atoms with E-state index in [1.54, 1.807) is 31.2 Å². The lowest BCUT2D eigenvalue weighted by molar-refractivity contribution is -0.383. The van der Waals surface area contributed by atoms with Gasteiger partial charge in [-0.2, -0.15) is 0 Å². The third-order valence-electron chi connectivity index (χ3n) is 4.20. The van der Waals surface area contributed by atoms with Gasteiger partial charge in [-0.05, 0) is 31.2 Å². The number of rotatable bonds is 7. The van der Waals surface area contributed by atoms with Gasteiger partial charge in [0.05, 0.1) is 33.0 Å². The number of fused-ring (bicyclic) bond motifs is 1. The summed E-state index contributed by atoms with van der Waals surface area (Å²) in [6, 6.07) is 14.1. The molecule has 2 aromatic carbocycles. The Kier molecular flexibility index (Phi) is 5.67. The van der Waals surface area contributed by atoms with E-state index in [0.29, 0.717) is 10.8 Å². The topological polar surface area (TPSA) is 132 Å². The van der Waals surface area contributed by atoms with E-state index >= 15 is 0 Å². The van der Waals surface area contributed by atoms with Crippen molar-refractivity contribution in [2.45, 2.75) is 6.92 Å². The van der Waals surface area contributed by atoms with Crippen LogP contribution in [-0.2, 0) is 4.74 Å². The van der Waals surface area contributed by atoms with Crippen LogP contribution in [0.1, 0.15) is 17.3 Å². The molecule has 11 heteroatoms. The van der Waals surface area contributed by atoms with Crippen molar-refractivity contribution in [3.05, 3.63) is 70.5 Å². The van der Waals surface area contributed by atoms with Crippen LogP contribution < -0.4 is 10.6 Å². The van der Waals surface area contributed by atoms with Crippen molar-refractivity contribution in [3.8, 4) is 0 Å². The van der Waals surface area contributed by atoms with Crippen LogP contribution in [0.4, 0.5) is 28.1 Å². The fourth-order valence-corrected chi connectivity index (χ4v) is 3.73. The van der Waals surface area contributed by atoms with Crippen LogP contribution in [0.5, 0.6) is 0 Å². The Balaban J connectivity index is 1.70. The van der Waals surface area contributed by atoms with E-state index in [9.17, 15) is 14.9 Å². The number of esters is 1. The van der Waals surface area contributed by atoms with E-state index in [1.165, 1.54) is 17.7 Å². The highest BCUT2D eigenvalue weighted by Crippen LogP contribution is 2.35. The second-order valence-electron chi connectivity index (χ2n) is 6.18. The number of carbonyl (C=O) groups excluding carboxylic acids is 1. The van der Waals surface area contributed by atoms with E-state index in [2.05, 4.69) is 25.6 Å². The SMILES string of the molecule is CCOC(=O)c1ccccc1Nc1ncnc(Nc2nc3ccccc3s2)c1[N+](=O)[O-]. The second-order valence-corrected chi connectivity index (χ2v) is 7.21. The van der Waals surface area contributed by atoms with E-state index in [1.807, 2.05) is 24.3 Å². The average molecular weight is 436 g/mol. The number of nitrogens with zero attached hydrogens (tertiary/aromatic N) is 4. The number of para-hydroxylation sites is 2. The number of hydrogen-bond acceptors (Lipinski definition) is 10. The fourth-order valence-electron chi connectivity index (χ4n) is 2.87. The summed E-state index contributed by atoms with van der Waals surface area (Å²) in [5.74, 6) is -0.634. The van der Waals surface area contributed by atoms with E-state index in [-0.39, 0.29) is 29.5 Å². The summed E-state index contributed by atoms with van der Waals surface area (Å²) in [7, 11) is 0. The number of anilines is 4. The Morgan fingerprint density at radius 3 is 2.55 bits per heavy atom. The normalized spacial score (nSPS) is 10.6. The first-order valence-electron chi connectivity index (χ1n) is 9.22. The molecule has 0 saturated carbocycles. The molecule has 4 rings (SSSR count). The number of benzene rings is 2. The summed E-state index contributed by atoms with van der Waals surface area (Å²) in [5.41, 5.74) is 0.959. The number of ether oxygens (including phenoxy) is 1. The summed E-state index contributed by atoms with van der Waals surface area (Å²) in [6.45, 7) is 1.90. The summed E-state index contributed by atoms with van der Waals surface area (Å²) in [4.78, 5) is 35.9. The molecule has 0 radical (unpaired) electrons. The molecule has 31 heavy (non-hydrogen) atoms. The molecule has 0 aliphatic carbocycles. The smallest absolute Gasteiger partial charge is 0.353 e. The van der Waals surface area contributed by atoms with Gasteiger partial charge >= 0.3 is 11.7 Å². The Morgan fingerprint density at radius 2 is 1.81 bits per heavy atom. The minimum atomic E-state index is -0.592. The van der Waals surface area contributed by atoms with Gasteiger partial charge in [0.25, 0.3) is 0 Å². The van der Waals surface area contributed by atoms with Gasteiger partial charge in [0.15, 0.2) is 5.13 Å². The summed E-state index contributed by atoms with van der Waals surface area (Å²) in [5, 5.41) is 18.1. The molecule has 0 amide bonds. The maximum absolute atomic E-state index is 12.2. The van der Waals surface area contributed by atoms with E-state index in [4.69, 9.17) is 4.74 Å². The predicted molar refractivity (Wildman–Crippen MR) is 117 cm³/mol. The monoisotopic (exact) mass is 436 g/mol. The number of aromatic nitrogens is 3. The third kappa shape index (κ3) is 4.26. The predicted octanol–water partition coefficient (Wildman–Crippen LogP) is 4.66. The largest absolute Gasteiger partial charge is 0.462 e. The second kappa shape index (κ2) is 8.71. The number of carbonyl (C=O) groups is 1. The Labute approximate surface area is 180 Å². The molecule has 0 spiro atoms. The van der Waals surface area contributed by atoms with Gasteiger partial charge in [0, 0.05) is 0 Å². The lowest BCUT2D eigenvalue weighted by atomic mass is 10.2. The molecule has 4 aromatic rings. The third-order valence-corrected chi connectivity index (χ3v) is 5.15. The standard InChI is InChI=1S/C20H16N6O4S/c1-2-30-19(27)12-7-3-4-8-13(12)23-17-16(26(28)29)18(22-11-21-17)25-20-24-14-9-5-6-10-15(14)31-20/h3-11H,2H2,1H3,(H2,21,22,23,24,25). The molecule has 0 saturated heterocycles. The molecule has 0 atom stereocenters. The van der Waals surface area contributed by atoms with E-state index < -0.39 is 10.9 Å². The summed E-state index contributed by atoms with van der Waals surface area (Å²) >= 11 is 1.35. The van der Waals surface area contributed by atoms with Crippen LogP contribution in [-0.4, -0.2) is 32.5 Å². The van der Waals surface area contributed by atoms with Gasteiger partial charge in [-0.1, -0.05) is 35.6 Å². The number of hydrogen-bond donors (Lipinski definition) is 2. The van der Waals surface area contributed by atoms with Gasteiger partial charge in [0.1, 0.15) is 6.33 Å². The Hall–Kier alpha value is -4.12. The molecule has 0 unspecified atom stereocenters. The number of nitrogens with one attached hydrogen (secondary N) is 2. The van der Waals surface area contributed by atoms with Crippen molar-refractivity contribution in [1.29, 1.82) is 0 Å². The zero-order valence-electron chi connectivity index (χ0n) is 16.2. The fraction of sp³-hybridized carbons (Fsp3) is 0.100.